The van der Waals surface area contributed by atoms with E-state index < -0.39 is 15.7 Å². The summed E-state index contributed by atoms with van der Waals surface area (Å²) in [6, 6.07) is 11.5. The number of thiazole rings is 1. The van der Waals surface area contributed by atoms with Crippen LogP contribution in [0, 0.1) is 5.82 Å². The summed E-state index contributed by atoms with van der Waals surface area (Å²) in [5.41, 5.74) is 1.79. The van der Waals surface area contributed by atoms with E-state index in [0.717, 1.165) is 20.9 Å². The Balaban J connectivity index is 1.40. The molecule has 1 aromatic heterocycles. The first-order valence-electron chi connectivity index (χ1n) is 9.45. The minimum Gasteiger partial charge on any atom is -0.348 e. The molecule has 1 aliphatic rings. The highest BCUT2D eigenvalue weighted by molar-refractivity contribution is 9.10. The van der Waals surface area contributed by atoms with Gasteiger partial charge in [-0.25, -0.2) is 17.8 Å². The van der Waals surface area contributed by atoms with E-state index in [0.29, 0.717) is 37.2 Å². The summed E-state index contributed by atoms with van der Waals surface area (Å²) in [6.45, 7) is 1.30. The number of halogens is 3. The molecule has 158 valence electrons. The Hall–Kier alpha value is -1.48. The molecule has 0 amide bonds. The van der Waals surface area contributed by atoms with E-state index in [2.05, 4.69) is 25.8 Å². The fourth-order valence-corrected chi connectivity index (χ4v) is 6.63. The third-order valence-corrected chi connectivity index (χ3v) is 9.25. The number of anilines is 1. The minimum atomic E-state index is -3.34. The van der Waals surface area contributed by atoms with Crippen LogP contribution in [0.3, 0.4) is 0 Å². The lowest BCUT2D eigenvalue weighted by Gasteiger charge is -2.31. The molecule has 0 unspecified atom stereocenters. The summed E-state index contributed by atoms with van der Waals surface area (Å²) in [6.07, 6.45) is 1.71. The number of hydrogen-bond donors (Lipinski definition) is 0. The quantitative estimate of drug-likeness (QED) is 0.423. The van der Waals surface area contributed by atoms with Gasteiger partial charge in [0.25, 0.3) is 0 Å². The van der Waals surface area contributed by atoms with Crippen LogP contribution in [0.5, 0.6) is 0 Å². The van der Waals surface area contributed by atoms with Crippen LogP contribution in [0.25, 0.3) is 0 Å². The standard InChI is InChI=1S/C21H19BrClFN2O2S2/c22-15-2-4-17(5-3-15)30(27,28)18-7-9-26(10-8-18)21-25-16(13-29-21)11-14-1-6-20(24)19(23)12-14/h1-6,12-13,18H,7-11H2. The second kappa shape index (κ2) is 8.94. The van der Waals surface area contributed by atoms with Crippen molar-refractivity contribution in [2.24, 2.45) is 0 Å². The molecule has 0 aliphatic carbocycles. The SMILES string of the molecule is O=S(=O)(c1ccc(Br)cc1)C1CCN(c2nc(Cc3ccc(F)c(Cl)c3)cs2)CC1. The number of aromatic nitrogens is 1. The van der Waals surface area contributed by atoms with Gasteiger partial charge in [-0.1, -0.05) is 33.6 Å². The lowest BCUT2D eigenvalue weighted by Crippen LogP contribution is -2.39. The van der Waals surface area contributed by atoms with Crippen LogP contribution in [0.4, 0.5) is 9.52 Å². The first-order valence-corrected chi connectivity index (χ1v) is 13.1. The van der Waals surface area contributed by atoms with E-state index in [-0.39, 0.29) is 10.3 Å². The van der Waals surface area contributed by atoms with E-state index in [1.165, 1.54) is 6.07 Å². The predicted molar refractivity (Wildman–Crippen MR) is 123 cm³/mol. The third kappa shape index (κ3) is 4.72. The van der Waals surface area contributed by atoms with E-state index in [1.54, 1.807) is 47.7 Å². The Morgan fingerprint density at radius 2 is 1.87 bits per heavy atom. The van der Waals surface area contributed by atoms with Crippen molar-refractivity contribution in [3.05, 3.63) is 74.4 Å². The summed E-state index contributed by atoms with van der Waals surface area (Å²) in [5, 5.41) is 2.60. The van der Waals surface area contributed by atoms with Crippen molar-refractivity contribution in [3.8, 4) is 0 Å². The van der Waals surface area contributed by atoms with Crippen molar-refractivity contribution in [2.75, 3.05) is 18.0 Å². The van der Waals surface area contributed by atoms with Crippen molar-refractivity contribution in [1.82, 2.24) is 4.98 Å². The lowest BCUT2D eigenvalue weighted by molar-refractivity contribution is 0.529. The Morgan fingerprint density at radius 3 is 2.53 bits per heavy atom. The molecule has 2 aromatic carbocycles. The normalized spacial score (nSPS) is 15.5. The monoisotopic (exact) mass is 528 g/mol. The second-order valence-electron chi connectivity index (χ2n) is 7.23. The summed E-state index contributed by atoms with van der Waals surface area (Å²) in [5.74, 6) is -0.430. The molecule has 1 saturated heterocycles. The molecule has 1 aliphatic heterocycles. The van der Waals surface area contributed by atoms with Crippen LogP contribution < -0.4 is 4.90 Å². The number of rotatable bonds is 5. The zero-order valence-electron chi connectivity index (χ0n) is 15.9. The number of nitrogens with zero attached hydrogens (tertiary/aromatic N) is 2. The summed E-state index contributed by atoms with van der Waals surface area (Å²) >= 11 is 10.7. The largest absolute Gasteiger partial charge is 0.348 e. The molecule has 2 heterocycles. The van der Waals surface area contributed by atoms with E-state index in [4.69, 9.17) is 11.6 Å². The fourth-order valence-electron chi connectivity index (χ4n) is 3.56. The Labute approximate surface area is 192 Å². The Kier molecular flexibility index (Phi) is 6.48. The summed E-state index contributed by atoms with van der Waals surface area (Å²) in [7, 11) is -3.34. The van der Waals surface area contributed by atoms with Crippen LogP contribution in [0.1, 0.15) is 24.1 Å². The topological polar surface area (TPSA) is 50.3 Å². The van der Waals surface area contributed by atoms with Gasteiger partial charge in [0.1, 0.15) is 5.82 Å². The molecular formula is C21H19BrClFN2O2S2. The van der Waals surface area contributed by atoms with Gasteiger partial charge in [-0.05, 0) is 54.8 Å². The van der Waals surface area contributed by atoms with Gasteiger partial charge in [0, 0.05) is 29.4 Å². The number of piperidine rings is 1. The fraction of sp³-hybridized carbons (Fsp3) is 0.286. The van der Waals surface area contributed by atoms with Crippen molar-refractivity contribution in [3.63, 3.8) is 0 Å². The summed E-state index contributed by atoms with van der Waals surface area (Å²) in [4.78, 5) is 7.20. The molecule has 4 rings (SSSR count). The maximum atomic E-state index is 13.3. The molecule has 0 atom stereocenters. The van der Waals surface area contributed by atoms with Crippen LogP contribution in [-0.2, 0) is 16.3 Å². The zero-order chi connectivity index (χ0) is 21.3. The first-order chi connectivity index (χ1) is 14.3. The van der Waals surface area contributed by atoms with Gasteiger partial charge >= 0.3 is 0 Å². The van der Waals surface area contributed by atoms with Gasteiger partial charge in [0.15, 0.2) is 15.0 Å². The molecular weight excluding hydrogens is 511 g/mol. The van der Waals surface area contributed by atoms with Crippen LogP contribution >= 0.6 is 38.9 Å². The molecule has 3 aromatic rings. The molecule has 30 heavy (non-hydrogen) atoms. The van der Waals surface area contributed by atoms with E-state index in [1.807, 2.05) is 5.38 Å². The van der Waals surface area contributed by atoms with Gasteiger partial charge in [-0.15, -0.1) is 11.3 Å². The minimum absolute atomic E-state index is 0.108. The maximum absolute atomic E-state index is 13.3. The predicted octanol–water partition coefficient (Wildman–Crippen LogP) is 5.73. The Morgan fingerprint density at radius 1 is 1.17 bits per heavy atom. The average molecular weight is 530 g/mol. The van der Waals surface area contributed by atoms with E-state index in [9.17, 15) is 12.8 Å². The lowest BCUT2D eigenvalue weighted by atomic mass is 10.1. The van der Waals surface area contributed by atoms with Crippen molar-refractivity contribution >= 4 is 53.8 Å². The highest BCUT2D eigenvalue weighted by atomic mass is 79.9. The smallest absolute Gasteiger partial charge is 0.185 e. The number of benzene rings is 2. The number of sulfone groups is 1. The van der Waals surface area contributed by atoms with Crippen molar-refractivity contribution in [2.45, 2.75) is 29.4 Å². The van der Waals surface area contributed by atoms with Gasteiger partial charge in [0.2, 0.25) is 0 Å². The zero-order valence-corrected chi connectivity index (χ0v) is 19.9. The van der Waals surface area contributed by atoms with Crippen LogP contribution in [0.15, 0.2) is 57.2 Å². The van der Waals surface area contributed by atoms with E-state index >= 15 is 0 Å². The first kappa shape index (κ1) is 21.7. The number of hydrogen-bond acceptors (Lipinski definition) is 5. The Bertz CT molecular complexity index is 1140. The molecule has 0 N–H and O–H groups in total. The van der Waals surface area contributed by atoms with Gasteiger partial charge in [-0.2, -0.15) is 0 Å². The molecule has 0 bridgehead atoms. The highest BCUT2D eigenvalue weighted by Crippen LogP contribution is 2.30. The van der Waals surface area contributed by atoms with Crippen molar-refractivity contribution < 1.29 is 12.8 Å². The summed E-state index contributed by atoms with van der Waals surface area (Å²) < 4.78 is 40.0. The molecule has 0 saturated carbocycles. The molecule has 9 heteroatoms. The van der Waals surface area contributed by atoms with Gasteiger partial charge in [-0.3, -0.25) is 0 Å². The van der Waals surface area contributed by atoms with Gasteiger partial charge < -0.3 is 4.90 Å². The van der Waals surface area contributed by atoms with Crippen LogP contribution in [-0.4, -0.2) is 31.7 Å². The highest BCUT2D eigenvalue weighted by Gasteiger charge is 2.32. The van der Waals surface area contributed by atoms with Crippen molar-refractivity contribution in [1.29, 1.82) is 0 Å². The third-order valence-electron chi connectivity index (χ3n) is 5.20. The molecule has 0 radical (unpaired) electrons. The molecule has 4 nitrogen and oxygen atoms in total. The molecule has 1 fully saturated rings. The average Bonchev–Trinajstić information content (AvgIpc) is 3.20. The maximum Gasteiger partial charge on any atom is 0.185 e. The van der Waals surface area contributed by atoms with Gasteiger partial charge in [0.05, 0.1) is 20.9 Å². The second-order valence-corrected chi connectivity index (χ2v) is 11.6. The molecule has 0 spiro atoms. The van der Waals surface area contributed by atoms with Crippen LogP contribution in [0.2, 0.25) is 5.02 Å².